The number of furan rings is 1. The monoisotopic (exact) mass is 466 g/mol. The second kappa shape index (κ2) is 6.63. The van der Waals surface area contributed by atoms with Crippen LogP contribution in [0.5, 0.6) is 0 Å². The summed E-state index contributed by atoms with van der Waals surface area (Å²) in [5.74, 6) is -15.9. The summed E-state index contributed by atoms with van der Waals surface area (Å²) in [5.41, 5.74) is -3.17. The highest BCUT2D eigenvalue weighted by molar-refractivity contribution is 7.19. The number of thiophene rings is 1. The fourth-order valence-electron chi connectivity index (χ4n) is 4.49. The van der Waals surface area contributed by atoms with Gasteiger partial charge in [-0.05, 0) is 19.1 Å². The van der Waals surface area contributed by atoms with Crippen molar-refractivity contribution in [3.8, 4) is 0 Å². The Labute approximate surface area is 183 Å². The summed E-state index contributed by atoms with van der Waals surface area (Å²) in [6.07, 6.45) is 0.0668. The molecular weight excluding hydrogens is 450 g/mol. The zero-order chi connectivity index (χ0) is 23.1. The second-order valence-electron chi connectivity index (χ2n) is 7.75. The van der Waals surface area contributed by atoms with Gasteiger partial charge in [0.25, 0.3) is 0 Å². The zero-order valence-corrected chi connectivity index (χ0v) is 17.7. The van der Waals surface area contributed by atoms with E-state index in [0.717, 1.165) is 11.3 Å². The summed E-state index contributed by atoms with van der Waals surface area (Å²) in [4.78, 5) is 0.262. The largest absolute Gasteiger partial charge is 0.460 e. The molecule has 1 nitrogen and oxygen atoms in total. The molecule has 1 aliphatic rings. The molecule has 32 heavy (non-hydrogen) atoms. The number of hydrogen-bond donors (Lipinski definition) is 0. The molecule has 0 fully saturated rings. The van der Waals surface area contributed by atoms with Gasteiger partial charge in [-0.15, -0.1) is 11.3 Å². The van der Waals surface area contributed by atoms with Gasteiger partial charge in [0.15, 0.2) is 0 Å². The lowest BCUT2D eigenvalue weighted by Crippen LogP contribution is -2.49. The normalized spacial score (nSPS) is 19.4. The van der Waals surface area contributed by atoms with Crippen LogP contribution in [-0.2, 0) is 6.42 Å². The number of aryl methyl sites for hydroxylation is 2. The highest BCUT2D eigenvalue weighted by Crippen LogP contribution is 2.66. The van der Waals surface area contributed by atoms with Crippen molar-refractivity contribution in [3.05, 3.63) is 70.3 Å². The van der Waals surface area contributed by atoms with Crippen LogP contribution in [-0.4, -0.2) is 17.8 Å². The molecule has 0 N–H and O–H groups in total. The molecule has 166 valence electrons. The van der Waals surface area contributed by atoms with Crippen LogP contribution < -0.4 is 0 Å². The molecule has 5 rings (SSSR count). The number of rotatable bonds is 3. The molecule has 0 unspecified atom stereocenters. The predicted molar refractivity (Wildman–Crippen MR) is 114 cm³/mol. The summed E-state index contributed by atoms with van der Waals surface area (Å²) >= 11 is 1.10. The molecule has 0 saturated carbocycles. The minimum absolute atomic E-state index is 0.0379. The number of benzene rings is 2. The number of para-hydroxylation sites is 1. The van der Waals surface area contributed by atoms with Crippen molar-refractivity contribution in [1.29, 1.82) is 0 Å². The topological polar surface area (TPSA) is 13.1 Å². The van der Waals surface area contributed by atoms with Crippen LogP contribution in [0.3, 0.4) is 0 Å². The minimum Gasteiger partial charge on any atom is -0.460 e. The van der Waals surface area contributed by atoms with Crippen LogP contribution >= 0.6 is 11.3 Å². The lowest BCUT2D eigenvalue weighted by atomic mass is 9.91. The summed E-state index contributed by atoms with van der Waals surface area (Å²) in [6.45, 7) is 3.07. The van der Waals surface area contributed by atoms with E-state index >= 15 is 17.6 Å². The zero-order valence-electron chi connectivity index (χ0n) is 16.9. The second-order valence-corrected chi connectivity index (χ2v) is 9.01. The maximum absolute atomic E-state index is 15.3. The van der Waals surface area contributed by atoms with Gasteiger partial charge >= 0.3 is 17.8 Å². The van der Waals surface area contributed by atoms with Crippen LogP contribution in [0, 0.1) is 6.92 Å². The molecule has 2 aromatic carbocycles. The van der Waals surface area contributed by atoms with E-state index in [0.29, 0.717) is 4.70 Å². The van der Waals surface area contributed by atoms with Gasteiger partial charge < -0.3 is 4.42 Å². The number of hydrogen-bond acceptors (Lipinski definition) is 2. The predicted octanol–water partition coefficient (Wildman–Crippen LogP) is 8.35. The van der Waals surface area contributed by atoms with Crippen molar-refractivity contribution < 1.29 is 30.8 Å². The molecule has 2 aromatic heterocycles. The number of fused-ring (bicyclic) bond motifs is 2. The van der Waals surface area contributed by atoms with E-state index in [4.69, 9.17) is 4.42 Å². The Hall–Kier alpha value is -2.74. The lowest BCUT2D eigenvalue weighted by molar-refractivity contribution is -0.254. The third-order valence-corrected chi connectivity index (χ3v) is 7.01. The Kier molecular flexibility index (Phi) is 4.38. The maximum Gasteiger partial charge on any atom is 0.380 e. The molecule has 0 amide bonds. The van der Waals surface area contributed by atoms with Gasteiger partial charge in [0.2, 0.25) is 0 Å². The molecule has 0 aliphatic heterocycles. The fraction of sp³-hybridized carbons (Fsp3) is 0.250. The molecule has 4 aromatic rings. The van der Waals surface area contributed by atoms with Gasteiger partial charge in [-0.1, -0.05) is 43.3 Å². The molecule has 0 radical (unpaired) electrons. The average Bonchev–Trinajstić information content (AvgIpc) is 3.30. The Bertz CT molecular complexity index is 1410. The van der Waals surface area contributed by atoms with E-state index in [2.05, 4.69) is 0 Å². The summed E-state index contributed by atoms with van der Waals surface area (Å²) in [5, 5.41) is 0.337. The van der Waals surface area contributed by atoms with Gasteiger partial charge in [0.05, 0.1) is 0 Å². The van der Waals surface area contributed by atoms with Crippen LogP contribution in [0.15, 0.2) is 52.9 Å². The maximum atomic E-state index is 15.3. The first-order valence-corrected chi connectivity index (χ1v) is 10.7. The first-order valence-electron chi connectivity index (χ1n) is 9.92. The molecule has 0 spiro atoms. The third-order valence-electron chi connectivity index (χ3n) is 5.93. The molecular formula is C24H16F6OS. The van der Waals surface area contributed by atoms with Gasteiger partial charge in [0, 0.05) is 49.0 Å². The van der Waals surface area contributed by atoms with Crippen LogP contribution in [0.2, 0.25) is 0 Å². The first-order chi connectivity index (χ1) is 15.0. The standard InChI is InChI=1S/C24H16F6OS/c1-3-15-19(13-8-4-6-10-16(13)31-15)21-20(22(25,26)24(29,30)23(21,27)28)18-12(2)32-17-11-7-5-9-14(17)18/h4-11H,3H2,1-2H3. The average molecular weight is 466 g/mol. The summed E-state index contributed by atoms with van der Waals surface area (Å²) in [6, 6.07) is 12.4. The molecule has 0 atom stereocenters. The Morgan fingerprint density at radius 3 is 2.00 bits per heavy atom. The number of halogens is 6. The van der Waals surface area contributed by atoms with Crippen molar-refractivity contribution in [2.24, 2.45) is 0 Å². The number of alkyl halides is 6. The molecule has 0 saturated heterocycles. The van der Waals surface area contributed by atoms with Crippen LogP contribution in [0.1, 0.15) is 28.7 Å². The number of allylic oxidation sites excluding steroid dienone is 2. The lowest BCUT2D eigenvalue weighted by Gasteiger charge is -2.26. The smallest absolute Gasteiger partial charge is 0.380 e. The van der Waals surface area contributed by atoms with Gasteiger partial charge in [-0.25, -0.2) is 0 Å². The minimum atomic E-state index is -5.61. The molecule has 0 bridgehead atoms. The van der Waals surface area contributed by atoms with E-state index in [9.17, 15) is 8.78 Å². The summed E-state index contributed by atoms with van der Waals surface area (Å²) < 4.78 is 97.0. The van der Waals surface area contributed by atoms with Crippen LogP contribution in [0.25, 0.3) is 32.2 Å². The third kappa shape index (κ3) is 2.47. The van der Waals surface area contributed by atoms with Crippen molar-refractivity contribution >= 4 is 43.5 Å². The van der Waals surface area contributed by atoms with Gasteiger partial charge in [0.1, 0.15) is 11.3 Å². The van der Waals surface area contributed by atoms with E-state index in [1.54, 1.807) is 31.2 Å². The van der Waals surface area contributed by atoms with E-state index in [1.807, 2.05) is 0 Å². The van der Waals surface area contributed by atoms with Gasteiger partial charge in [-0.3, -0.25) is 0 Å². The first kappa shape index (κ1) is 21.1. The highest BCUT2D eigenvalue weighted by Gasteiger charge is 2.80. The van der Waals surface area contributed by atoms with E-state index in [1.165, 1.54) is 31.2 Å². The summed E-state index contributed by atoms with van der Waals surface area (Å²) in [7, 11) is 0. The molecule has 8 heteroatoms. The Balaban J connectivity index is 2.01. The van der Waals surface area contributed by atoms with Gasteiger partial charge in [-0.2, -0.15) is 26.3 Å². The van der Waals surface area contributed by atoms with E-state index in [-0.39, 0.29) is 44.5 Å². The molecule has 1 aliphatic carbocycles. The van der Waals surface area contributed by atoms with Crippen molar-refractivity contribution in [2.45, 2.75) is 38.0 Å². The SMILES string of the molecule is CCc1oc2ccccc2c1C1=C(c2c(C)sc3ccccc23)C(F)(F)C(F)(F)C1(F)F. The highest BCUT2D eigenvalue weighted by atomic mass is 32.1. The Morgan fingerprint density at radius 1 is 0.781 bits per heavy atom. The molecule has 2 heterocycles. The van der Waals surface area contributed by atoms with Crippen molar-refractivity contribution in [1.82, 2.24) is 0 Å². The van der Waals surface area contributed by atoms with Crippen molar-refractivity contribution in [2.75, 3.05) is 0 Å². The van der Waals surface area contributed by atoms with Crippen molar-refractivity contribution in [3.63, 3.8) is 0 Å². The fourth-order valence-corrected chi connectivity index (χ4v) is 5.56. The van der Waals surface area contributed by atoms with Crippen LogP contribution in [0.4, 0.5) is 26.3 Å². The Morgan fingerprint density at radius 2 is 1.34 bits per heavy atom. The van der Waals surface area contributed by atoms with E-state index < -0.39 is 28.9 Å². The quantitative estimate of drug-likeness (QED) is 0.277.